The number of rotatable bonds is 4. The topological polar surface area (TPSA) is 105 Å². The third kappa shape index (κ3) is 5.48. The van der Waals surface area contributed by atoms with E-state index in [0.717, 1.165) is 0 Å². The Morgan fingerprint density at radius 2 is 1.52 bits per heavy atom. The molecule has 1 aliphatic heterocycles. The summed E-state index contributed by atoms with van der Waals surface area (Å²) in [7, 11) is -2.08. The number of aliphatic hydroxyl groups excluding tert-OH is 3. The van der Waals surface area contributed by atoms with Gasteiger partial charge in [0.2, 0.25) is 6.29 Å². The van der Waals surface area contributed by atoms with Crippen molar-refractivity contribution in [2.75, 3.05) is 6.61 Å². The standard InChI is InChI=1S/C17H34O7Si/c1-16(2,3)15(21)24-14-13(20)12(19)11(18)10(23-14)9-22-25(7,8)17(4,5)6/h10-14,18-20H,9H2,1-8H3/t10-,11+,12+,13+,14-/m1/s1. The highest BCUT2D eigenvalue weighted by Crippen LogP contribution is 2.37. The second-order valence-corrected chi connectivity index (χ2v) is 14.1. The van der Waals surface area contributed by atoms with Gasteiger partial charge in [0.05, 0.1) is 12.0 Å². The molecule has 0 bridgehead atoms. The minimum atomic E-state index is -2.08. The van der Waals surface area contributed by atoms with Crippen LogP contribution in [0.25, 0.3) is 0 Å². The number of carbonyl (C=O) groups excluding carboxylic acids is 1. The molecule has 0 unspecified atom stereocenters. The predicted molar refractivity (Wildman–Crippen MR) is 95.4 cm³/mol. The van der Waals surface area contributed by atoms with E-state index >= 15 is 0 Å². The normalized spacial score (nSPS) is 31.7. The van der Waals surface area contributed by atoms with E-state index in [4.69, 9.17) is 13.9 Å². The molecule has 7 nitrogen and oxygen atoms in total. The first-order chi connectivity index (χ1) is 11.1. The van der Waals surface area contributed by atoms with Gasteiger partial charge in [-0.15, -0.1) is 0 Å². The second-order valence-electron chi connectivity index (χ2n) is 9.24. The van der Waals surface area contributed by atoms with Crippen LogP contribution in [0.3, 0.4) is 0 Å². The van der Waals surface area contributed by atoms with E-state index < -0.39 is 50.4 Å². The zero-order chi connectivity index (χ0) is 19.8. The van der Waals surface area contributed by atoms with Gasteiger partial charge in [-0.05, 0) is 38.9 Å². The van der Waals surface area contributed by atoms with Crippen LogP contribution >= 0.6 is 0 Å². The summed E-state index contributed by atoms with van der Waals surface area (Å²) in [6.07, 6.45) is -6.59. The first-order valence-corrected chi connectivity index (χ1v) is 11.5. The van der Waals surface area contributed by atoms with Crippen LogP contribution in [0.15, 0.2) is 0 Å². The predicted octanol–water partition coefficient (Wildman–Crippen LogP) is 1.41. The minimum Gasteiger partial charge on any atom is -0.432 e. The van der Waals surface area contributed by atoms with Crippen LogP contribution in [0.1, 0.15) is 41.5 Å². The van der Waals surface area contributed by atoms with Crippen LogP contribution in [0.2, 0.25) is 18.1 Å². The van der Waals surface area contributed by atoms with Gasteiger partial charge < -0.3 is 29.2 Å². The number of hydrogen-bond donors (Lipinski definition) is 3. The van der Waals surface area contributed by atoms with Crippen LogP contribution in [0, 0.1) is 5.41 Å². The van der Waals surface area contributed by atoms with E-state index in [0.29, 0.717) is 0 Å². The van der Waals surface area contributed by atoms with Crippen molar-refractivity contribution in [2.45, 2.75) is 90.4 Å². The monoisotopic (exact) mass is 378 g/mol. The summed E-state index contributed by atoms with van der Waals surface area (Å²) in [5.41, 5.74) is -0.781. The fraction of sp³-hybridized carbons (Fsp3) is 0.941. The molecule has 0 aliphatic carbocycles. The number of carbonyl (C=O) groups is 1. The third-order valence-electron chi connectivity index (χ3n) is 4.92. The molecule has 0 amide bonds. The summed E-state index contributed by atoms with van der Waals surface area (Å²) in [4.78, 5) is 12.0. The minimum absolute atomic E-state index is 0.0249. The van der Waals surface area contributed by atoms with E-state index in [1.807, 2.05) is 0 Å². The maximum absolute atomic E-state index is 12.0. The van der Waals surface area contributed by atoms with Crippen LogP contribution in [0.5, 0.6) is 0 Å². The van der Waals surface area contributed by atoms with Crippen LogP contribution in [-0.2, 0) is 18.7 Å². The number of ether oxygens (including phenoxy) is 2. The third-order valence-corrected chi connectivity index (χ3v) is 9.42. The van der Waals surface area contributed by atoms with E-state index in [9.17, 15) is 20.1 Å². The average Bonchev–Trinajstić information content (AvgIpc) is 2.44. The molecule has 0 spiro atoms. The fourth-order valence-electron chi connectivity index (χ4n) is 1.94. The molecule has 5 atom stereocenters. The van der Waals surface area contributed by atoms with E-state index in [2.05, 4.69) is 33.9 Å². The molecule has 0 aromatic carbocycles. The summed E-state index contributed by atoms with van der Waals surface area (Å²) < 4.78 is 16.8. The van der Waals surface area contributed by atoms with E-state index in [-0.39, 0.29) is 11.6 Å². The van der Waals surface area contributed by atoms with Crippen molar-refractivity contribution in [3.63, 3.8) is 0 Å². The van der Waals surface area contributed by atoms with Crippen LogP contribution in [0.4, 0.5) is 0 Å². The zero-order valence-corrected chi connectivity index (χ0v) is 17.6. The van der Waals surface area contributed by atoms with E-state index in [1.54, 1.807) is 20.8 Å². The molecule has 0 aromatic heterocycles. The highest BCUT2D eigenvalue weighted by atomic mass is 28.4. The summed E-state index contributed by atoms with van der Waals surface area (Å²) in [5, 5.41) is 30.3. The molecular weight excluding hydrogens is 344 g/mol. The lowest BCUT2D eigenvalue weighted by molar-refractivity contribution is -0.294. The maximum atomic E-state index is 12.0. The van der Waals surface area contributed by atoms with Crippen molar-refractivity contribution in [1.29, 1.82) is 0 Å². The Morgan fingerprint density at radius 3 is 1.96 bits per heavy atom. The lowest BCUT2D eigenvalue weighted by Gasteiger charge is -2.42. The van der Waals surface area contributed by atoms with Crippen molar-refractivity contribution in [3.8, 4) is 0 Å². The Hall–Kier alpha value is -0.513. The van der Waals surface area contributed by atoms with Gasteiger partial charge in [0, 0.05) is 0 Å². The van der Waals surface area contributed by atoms with Gasteiger partial charge in [-0.3, -0.25) is 4.79 Å². The Kier molecular flexibility index (Phi) is 6.86. The van der Waals surface area contributed by atoms with Gasteiger partial charge in [0.25, 0.3) is 0 Å². The van der Waals surface area contributed by atoms with Crippen molar-refractivity contribution in [1.82, 2.24) is 0 Å². The summed E-state index contributed by atoms with van der Waals surface area (Å²) >= 11 is 0. The SMILES string of the molecule is CC(C)(C)C(=O)O[C@H]1O[C@H](CO[Si](C)(C)C(C)(C)C)[C@H](O)[C@H](O)[C@@H]1O. The van der Waals surface area contributed by atoms with E-state index in [1.165, 1.54) is 0 Å². The first kappa shape index (κ1) is 22.5. The Balaban J connectivity index is 2.82. The molecule has 25 heavy (non-hydrogen) atoms. The molecule has 3 N–H and O–H groups in total. The summed E-state index contributed by atoms with van der Waals surface area (Å²) in [6.45, 7) is 15.5. The summed E-state index contributed by atoms with van der Waals surface area (Å²) in [6, 6.07) is 0. The highest BCUT2D eigenvalue weighted by molar-refractivity contribution is 6.74. The quantitative estimate of drug-likeness (QED) is 0.502. The van der Waals surface area contributed by atoms with Crippen LogP contribution in [-0.4, -0.2) is 66.9 Å². The van der Waals surface area contributed by atoms with Gasteiger partial charge in [-0.1, -0.05) is 20.8 Å². The molecule has 0 aromatic rings. The van der Waals surface area contributed by atoms with Gasteiger partial charge in [0.15, 0.2) is 8.32 Å². The van der Waals surface area contributed by atoms with Gasteiger partial charge in [-0.25, -0.2) is 0 Å². The van der Waals surface area contributed by atoms with Crippen molar-refractivity contribution >= 4 is 14.3 Å². The number of hydrogen-bond acceptors (Lipinski definition) is 7. The zero-order valence-electron chi connectivity index (χ0n) is 16.6. The average molecular weight is 379 g/mol. The molecule has 0 saturated carbocycles. The lowest BCUT2D eigenvalue weighted by Crippen LogP contribution is -2.60. The summed E-state index contributed by atoms with van der Waals surface area (Å²) in [5.74, 6) is -0.566. The largest absolute Gasteiger partial charge is 0.432 e. The number of esters is 1. The van der Waals surface area contributed by atoms with Gasteiger partial charge in [-0.2, -0.15) is 0 Å². The lowest BCUT2D eigenvalue weighted by atomic mass is 9.96. The maximum Gasteiger partial charge on any atom is 0.313 e. The molecule has 1 aliphatic rings. The molecule has 148 valence electrons. The second kappa shape index (κ2) is 7.62. The fourth-order valence-corrected chi connectivity index (χ4v) is 2.95. The molecule has 1 saturated heterocycles. The van der Waals surface area contributed by atoms with Crippen molar-refractivity contribution in [2.24, 2.45) is 5.41 Å². The molecular formula is C17H34O7Si. The molecule has 1 fully saturated rings. The molecule has 1 heterocycles. The van der Waals surface area contributed by atoms with Gasteiger partial charge in [0.1, 0.15) is 24.4 Å². The Bertz CT molecular complexity index is 467. The smallest absolute Gasteiger partial charge is 0.313 e. The molecule has 8 heteroatoms. The Morgan fingerprint density at radius 1 is 1.00 bits per heavy atom. The van der Waals surface area contributed by atoms with Crippen molar-refractivity contribution < 1.29 is 34.0 Å². The Labute approximate surface area is 151 Å². The molecule has 0 radical (unpaired) electrons. The first-order valence-electron chi connectivity index (χ1n) is 8.62. The van der Waals surface area contributed by atoms with Gasteiger partial charge >= 0.3 is 5.97 Å². The number of aliphatic hydroxyl groups is 3. The van der Waals surface area contributed by atoms with Crippen molar-refractivity contribution in [3.05, 3.63) is 0 Å². The highest BCUT2D eigenvalue weighted by Gasteiger charge is 2.47. The molecule has 1 rings (SSSR count). The van der Waals surface area contributed by atoms with Crippen LogP contribution < -0.4 is 0 Å².